The van der Waals surface area contributed by atoms with Crippen molar-refractivity contribution in [3.8, 4) is 11.5 Å². The molecule has 0 unspecified atom stereocenters. The van der Waals surface area contributed by atoms with Crippen molar-refractivity contribution < 1.29 is 28.2 Å². The Labute approximate surface area is 167 Å². The maximum atomic E-state index is 13.8. The van der Waals surface area contributed by atoms with E-state index in [4.69, 9.17) is 9.47 Å². The number of halogens is 2. The van der Waals surface area contributed by atoms with Gasteiger partial charge in [0.1, 0.15) is 18.0 Å². The number of benzene rings is 2. The van der Waals surface area contributed by atoms with Crippen LogP contribution in [0.3, 0.4) is 0 Å². The summed E-state index contributed by atoms with van der Waals surface area (Å²) in [4.78, 5) is 34.9. The molecule has 7 nitrogen and oxygen atoms in total. The lowest BCUT2D eigenvalue weighted by Gasteiger charge is -2.16. The fraction of sp³-hybridized carbons (Fsp3) is 0.105. The van der Waals surface area contributed by atoms with Gasteiger partial charge in [-0.15, -0.1) is 0 Å². The van der Waals surface area contributed by atoms with Crippen LogP contribution in [0.2, 0.25) is 0 Å². The number of nitrogens with one attached hydrogen (secondary N) is 2. The lowest BCUT2D eigenvalue weighted by Crippen LogP contribution is -2.51. The van der Waals surface area contributed by atoms with Gasteiger partial charge in [0.05, 0.1) is 7.11 Å². The average molecular weight is 449 g/mol. The summed E-state index contributed by atoms with van der Waals surface area (Å²) in [6.07, 6.45) is 1.31. The van der Waals surface area contributed by atoms with E-state index >= 15 is 0 Å². The largest absolute Gasteiger partial charge is 0.493 e. The Morgan fingerprint density at radius 3 is 2.39 bits per heavy atom. The molecule has 0 radical (unpaired) electrons. The molecule has 1 fully saturated rings. The Hall–Kier alpha value is -3.20. The smallest absolute Gasteiger partial charge is 0.328 e. The topological polar surface area (TPSA) is 93.7 Å². The molecule has 2 aromatic carbocycles. The van der Waals surface area contributed by atoms with Crippen LogP contribution in [0, 0.1) is 5.82 Å². The van der Waals surface area contributed by atoms with E-state index in [9.17, 15) is 18.8 Å². The first-order valence-corrected chi connectivity index (χ1v) is 8.80. The number of hydrogen-bond donors (Lipinski definition) is 2. The molecule has 0 spiro atoms. The second-order valence-electron chi connectivity index (χ2n) is 5.70. The molecule has 0 aliphatic carbocycles. The van der Waals surface area contributed by atoms with Gasteiger partial charge in [-0.25, -0.2) is 9.18 Å². The van der Waals surface area contributed by atoms with Gasteiger partial charge in [-0.3, -0.25) is 20.2 Å². The minimum absolute atomic E-state index is 0.0111. The van der Waals surface area contributed by atoms with Gasteiger partial charge >= 0.3 is 6.03 Å². The highest BCUT2D eigenvalue weighted by molar-refractivity contribution is 9.10. The SMILES string of the molecule is COc1cc(C=C2C(=O)NC(=O)NC2=O)c(Br)cc1OCc1ccccc1F. The number of urea groups is 1. The Kier molecular flexibility index (Phi) is 5.74. The first kappa shape index (κ1) is 19.6. The van der Waals surface area contributed by atoms with Crippen molar-refractivity contribution in [2.45, 2.75) is 6.61 Å². The van der Waals surface area contributed by atoms with Crippen LogP contribution in [0.4, 0.5) is 9.18 Å². The maximum Gasteiger partial charge on any atom is 0.328 e. The summed E-state index contributed by atoms with van der Waals surface area (Å²) in [5.74, 6) is -1.34. The van der Waals surface area contributed by atoms with Crippen molar-refractivity contribution in [3.63, 3.8) is 0 Å². The molecule has 144 valence electrons. The number of barbiturate groups is 1. The summed E-state index contributed by atoms with van der Waals surface area (Å²) in [6, 6.07) is 8.49. The summed E-state index contributed by atoms with van der Waals surface area (Å²) >= 11 is 3.35. The molecule has 3 rings (SSSR count). The van der Waals surface area contributed by atoms with Crippen LogP contribution in [0.1, 0.15) is 11.1 Å². The van der Waals surface area contributed by atoms with Crippen LogP contribution >= 0.6 is 15.9 Å². The van der Waals surface area contributed by atoms with E-state index in [1.807, 2.05) is 10.6 Å². The minimum Gasteiger partial charge on any atom is -0.493 e. The van der Waals surface area contributed by atoms with Crippen LogP contribution in [0.5, 0.6) is 11.5 Å². The highest BCUT2D eigenvalue weighted by Crippen LogP contribution is 2.35. The van der Waals surface area contributed by atoms with Crippen LogP contribution < -0.4 is 20.1 Å². The molecule has 9 heteroatoms. The molecule has 0 aromatic heterocycles. The summed E-state index contributed by atoms with van der Waals surface area (Å²) < 4.78 is 25.2. The lowest BCUT2D eigenvalue weighted by molar-refractivity contribution is -0.123. The van der Waals surface area contributed by atoms with Gasteiger partial charge in [0.15, 0.2) is 11.5 Å². The van der Waals surface area contributed by atoms with Crippen molar-refractivity contribution >= 4 is 39.9 Å². The molecule has 1 saturated heterocycles. The van der Waals surface area contributed by atoms with Gasteiger partial charge in [0.2, 0.25) is 0 Å². The second-order valence-corrected chi connectivity index (χ2v) is 6.55. The van der Waals surface area contributed by atoms with Crippen molar-refractivity contribution in [2.24, 2.45) is 0 Å². The van der Waals surface area contributed by atoms with Gasteiger partial charge in [0.25, 0.3) is 11.8 Å². The van der Waals surface area contributed by atoms with Crippen LogP contribution in [0.15, 0.2) is 46.4 Å². The summed E-state index contributed by atoms with van der Waals surface area (Å²) in [6.45, 7) is -0.0111. The average Bonchev–Trinajstić information content (AvgIpc) is 2.65. The predicted molar refractivity (Wildman–Crippen MR) is 101 cm³/mol. The highest BCUT2D eigenvalue weighted by atomic mass is 79.9. The predicted octanol–water partition coefficient (Wildman–Crippen LogP) is 2.93. The number of imide groups is 2. The Morgan fingerprint density at radius 1 is 1.07 bits per heavy atom. The fourth-order valence-corrected chi connectivity index (χ4v) is 2.90. The molecule has 0 bridgehead atoms. The van der Waals surface area contributed by atoms with Crippen molar-refractivity contribution in [1.82, 2.24) is 10.6 Å². The number of carbonyl (C=O) groups is 3. The van der Waals surface area contributed by atoms with Crippen molar-refractivity contribution in [2.75, 3.05) is 7.11 Å². The zero-order valence-corrected chi connectivity index (χ0v) is 16.1. The van der Waals surface area contributed by atoms with E-state index in [0.29, 0.717) is 27.1 Å². The van der Waals surface area contributed by atoms with Crippen LogP contribution in [-0.4, -0.2) is 25.0 Å². The molecule has 1 heterocycles. The minimum atomic E-state index is -0.874. The summed E-state index contributed by atoms with van der Waals surface area (Å²) in [5, 5.41) is 4.00. The first-order chi connectivity index (χ1) is 13.4. The quantitative estimate of drug-likeness (QED) is 0.541. The van der Waals surface area contributed by atoms with Gasteiger partial charge in [-0.1, -0.05) is 34.1 Å². The molecule has 0 atom stereocenters. The number of ether oxygens (including phenoxy) is 2. The van der Waals surface area contributed by atoms with Crippen molar-refractivity contribution in [3.05, 3.63) is 63.4 Å². The summed E-state index contributed by atoms with van der Waals surface area (Å²) in [5.41, 5.74) is 0.596. The molecule has 2 aromatic rings. The molecule has 1 aliphatic heterocycles. The number of rotatable bonds is 5. The number of hydrogen-bond acceptors (Lipinski definition) is 5. The van der Waals surface area contributed by atoms with Gasteiger partial charge in [-0.05, 0) is 29.8 Å². The second kappa shape index (κ2) is 8.22. The molecule has 2 N–H and O–H groups in total. The Bertz CT molecular complexity index is 984. The zero-order chi connectivity index (χ0) is 20.3. The third-order valence-corrected chi connectivity index (χ3v) is 4.55. The molecule has 0 saturated carbocycles. The number of carbonyl (C=O) groups excluding carboxylic acids is 3. The molecule has 4 amide bonds. The van der Waals surface area contributed by atoms with Gasteiger partial charge < -0.3 is 9.47 Å². The maximum absolute atomic E-state index is 13.8. The number of methoxy groups -OCH3 is 1. The molecular weight excluding hydrogens is 435 g/mol. The monoisotopic (exact) mass is 448 g/mol. The highest BCUT2D eigenvalue weighted by Gasteiger charge is 2.28. The third-order valence-electron chi connectivity index (χ3n) is 3.87. The summed E-state index contributed by atoms with van der Waals surface area (Å²) in [7, 11) is 1.43. The Balaban J connectivity index is 1.88. The van der Waals surface area contributed by atoms with E-state index in [-0.39, 0.29) is 18.0 Å². The van der Waals surface area contributed by atoms with E-state index < -0.39 is 17.8 Å². The Morgan fingerprint density at radius 2 is 1.75 bits per heavy atom. The van der Waals surface area contributed by atoms with E-state index in [0.717, 1.165) is 0 Å². The van der Waals surface area contributed by atoms with Crippen LogP contribution in [-0.2, 0) is 16.2 Å². The van der Waals surface area contributed by atoms with Crippen molar-refractivity contribution in [1.29, 1.82) is 0 Å². The molecule has 1 aliphatic rings. The third kappa shape index (κ3) is 4.20. The number of amides is 4. The molecular formula is C19H14BrFN2O5. The zero-order valence-electron chi connectivity index (χ0n) is 14.5. The lowest BCUT2D eigenvalue weighted by atomic mass is 10.1. The van der Waals surface area contributed by atoms with E-state index in [2.05, 4.69) is 15.9 Å². The van der Waals surface area contributed by atoms with Crippen LogP contribution in [0.25, 0.3) is 6.08 Å². The normalized spacial score (nSPS) is 13.7. The first-order valence-electron chi connectivity index (χ1n) is 8.01. The van der Waals surface area contributed by atoms with E-state index in [1.54, 1.807) is 30.3 Å². The van der Waals surface area contributed by atoms with Gasteiger partial charge in [-0.2, -0.15) is 0 Å². The molecule has 28 heavy (non-hydrogen) atoms. The van der Waals surface area contributed by atoms with E-state index in [1.165, 1.54) is 19.3 Å². The van der Waals surface area contributed by atoms with Gasteiger partial charge in [0, 0.05) is 10.0 Å². The fourth-order valence-electron chi connectivity index (χ4n) is 2.47. The standard InChI is InChI=1S/C19H14BrFN2O5/c1-27-15-7-11(6-12-17(24)22-19(26)23-18(12)25)13(20)8-16(15)28-9-10-4-2-3-5-14(10)21/h2-8H,9H2,1H3,(H2,22,23,24,25,26).